The summed E-state index contributed by atoms with van der Waals surface area (Å²) < 4.78 is 4.71. The molecule has 0 fully saturated rings. The summed E-state index contributed by atoms with van der Waals surface area (Å²) in [6, 6.07) is 3.90. The lowest BCUT2D eigenvalue weighted by Crippen LogP contribution is -2.03. The Labute approximate surface area is 95.1 Å². The van der Waals surface area contributed by atoms with Crippen molar-refractivity contribution in [1.82, 2.24) is 0 Å². The van der Waals surface area contributed by atoms with Crippen molar-refractivity contribution >= 4 is 33.6 Å². The van der Waals surface area contributed by atoms with E-state index in [0.717, 1.165) is 10.4 Å². The molecule has 2 heterocycles. The lowest BCUT2D eigenvalue weighted by Gasteiger charge is -2.01. The van der Waals surface area contributed by atoms with Crippen LogP contribution >= 0.6 is 22.7 Å². The summed E-state index contributed by atoms with van der Waals surface area (Å²) in [7, 11) is 1.36. The summed E-state index contributed by atoms with van der Waals surface area (Å²) in [6.45, 7) is 0. The van der Waals surface area contributed by atoms with E-state index in [0.29, 0.717) is 10.6 Å². The van der Waals surface area contributed by atoms with Crippen LogP contribution in [0.1, 0.15) is 10.4 Å². The molecule has 2 aromatic heterocycles. The number of carbonyl (C=O) groups is 1. The zero-order valence-electron chi connectivity index (χ0n) is 8.02. The van der Waals surface area contributed by atoms with Crippen LogP contribution in [0.2, 0.25) is 0 Å². The Balaban J connectivity index is 2.54. The number of thiophene rings is 2. The van der Waals surface area contributed by atoms with Crippen molar-refractivity contribution in [1.29, 1.82) is 0 Å². The normalized spacial score (nSPS) is 10.2. The van der Waals surface area contributed by atoms with Gasteiger partial charge in [0.2, 0.25) is 0 Å². The van der Waals surface area contributed by atoms with Crippen LogP contribution in [0, 0.1) is 0 Å². The van der Waals surface area contributed by atoms with Crippen LogP contribution in [0.4, 0.5) is 5.00 Å². The quantitative estimate of drug-likeness (QED) is 0.820. The van der Waals surface area contributed by atoms with Gasteiger partial charge < -0.3 is 10.5 Å². The predicted molar refractivity (Wildman–Crippen MR) is 63.4 cm³/mol. The highest BCUT2D eigenvalue weighted by Gasteiger charge is 2.19. The van der Waals surface area contributed by atoms with Crippen molar-refractivity contribution in [3.8, 4) is 10.4 Å². The first kappa shape index (κ1) is 10.2. The largest absolute Gasteiger partial charge is 0.465 e. The minimum absolute atomic E-state index is 0.378. The zero-order chi connectivity index (χ0) is 10.8. The van der Waals surface area contributed by atoms with Gasteiger partial charge in [0, 0.05) is 15.8 Å². The van der Waals surface area contributed by atoms with Crippen LogP contribution in [-0.4, -0.2) is 13.1 Å². The molecular formula is C10H9NO2S2. The van der Waals surface area contributed by atoms with Gasteiger partial charge in [0.15, 0.2) is 0 Å². The molecule has 0 radical (unpaired) electrons. The Morgan fingerprint density at radius 1 is 1.47 bits per heavy atom. The molecule has 0 saturated heterocycles. The fourth-order valence-electron chi connectivity index (χ4n) is 1.30. The highest BCUT2D eigenvalue weighted by Crippen LogP contribution is 2.36. The first-order chi connectivity index (χ1) is 7.24. The van der Waals surface area contributed by atoms with E-state index < -0.39 is 0 Å². The summed E-state index contributed by atoms with van der Waals surface area (Å²) >= 11 is 2.93. The van der Waals surface area contributed by atoms with Crippen molar-refractivity contribution in [2.45, 2.75) is 0 Å². The lowest BCUT2D eigenvalue weighted by molar-refractivity contribution is 0.0603. The number of hydrogen-bond acceptors (Lipinski definition) is 5. The van der Waals surface area contributed by atoms with Gasteiger partial charge in [-0.15, -0.1) is 22.7 Å². The number of ether oxygens (including phenoxy) is 1. The highest BCUT2D eigenvalue weighted by atomic mass is 32.1. The molecule has 2 N–H and O–H groups in total. The third kappa shape index (κ3) is 1.75. The molecule has 0 saturated carbocycles. The summed E-state index contributed by atoms with van der Waals surface area (Å²) in [6.07, 6.45) is 0. The summed E-state index contributed by atoms with van der Waals surface area (Å²) in [5.41, 5.74) is 7.08. The zero-order valence-corrected chi connectivity index (χ0v) is 9.65. The predicted octanol–water partition coefficient (Wildman–Crippen LogP) is 2.85. The molecule has 0 aromatic carbocycles. The van der Waals surface area contributed by atoms with Gasteiger partial charge in [-0.05, 0) is 11.4 Å². The van der Waals surface area contributed by atoms with Gasteiger partial charge in [0.25, 0.3) is 0 Å². The van der Waals surface area contributed by atoms with Gasteiger partial charge in [-0.25, -0.2) is 4.79 Å². The Morgan fingerprint density at radius 3 is 2.87 bits per heavy atom. The maximum absolute atomic E-state index is 11.5. The molecule has 3 nitrogen and oxygen atoms in total. The van der Waals surface area contributed by atoms with E-state index >= 15 is 0 Å². The fraction of sp³-hybridized carbons (Fsp3) is 0.100. The molecule has 78 valence electrons. The average molecular weight is 239 g/mol. The number of carbonyl (C=O) groups excluding carboxylic acids is 1. The monoisotopic (exact) mass is 239 g/mol. The molecule has 5 heteroatoms. The first-order valence-electron chi connectivity index (χ1n) is 4.23. The number of methoxy groups -OCH3 is 1. The second-order valence-corrected chi connectivity index (χ2v) is 4.72. The molecule has 0 atom stereocenters. The molecule has 0 bridgehead atoms. The SMILES string of the molecule is COC(=O)c1c(-c2cccs2)csc1N. The molecule has 0 spiro atoms. The van der Waals surface area contributed by atoms with Crippen molar-refractivity contribution in [3.05, 3.63) is 28.5 Å². The van der Waals surface area contributed by atoms with E-state index in [1.54, 1.807) is 11.3 Å². The molecule has 0 unspecified atom stereocenters. The van der Waals surface area contributed by atoms with Gasteiger partial charge in [0.05, 0.1) is 7.11 Å². The Bertz CT molecular complexity index is 474. The van der Waals surface area contributed by atoms with E-state index in [2.05, 4.69) is 0 Å². The molecule has 15 heavy (non-hydrogen) atoms. The van der Waals surface area contributed by atoms with Crippen molar-refractivity contribution in [2.24, 2.45) is 0 Å². The maximum Gasteiger partial charge on any atom is 0.341 e. The van der Waals surface area contributed by atoms with Crippen LogP contribution in [0.3, 0.4) is 0 Å². The number of hydrogen-bond donors (Lipinski definition) is 1. The Morgan fingerprint density at radius 2 is 2.27 bits per heavy atom. The molecule has 0 aliphatic rings. The van der Waals surface area contributed by atoms with E-state index in [4.69, 9.17) is 10.5 Å². The van der Waals surface area contributed by atoms with Crippen LogP contribution in [0.5, 0.6) is 0 Å². The van der Waals surface area contributed by atoms with E-state index in [1.165, 1.54) is 18.4 Å². The molecule has 0 aliphatic carbocycles. The number of rotatable bonds is 2. The van der Waals surface area contributed by atoms with Gasteiger partial charge in [-0.2, -0.15) is 0 Å². The maximum atomic E-state index is 11.5. The summed E-state index contributed by atoms with van der Waals surface area (Å²) in [4.78, 5) is 12.6. The molecule has 0 aliphatic heterocycles. The Hall–Kier alpha value is -1.33. The van der Waals surface area contributed by atoms with Crippen LogP contribution in [0.25, 0.3) is 10.4 Å². The van der Waals surface area contributed by atoms with E-state index in [1.807, 2.05) is 22.9 Å². The second-order valence-electron chi connectivity index (χ2n) is 2.86. The number of esters is 1. The van der Waals surface area contributed by atoms with Crippen LogP contribution in [-0.2, 0) is 4.74 Å². The second kappa shape index (κ2) is 4.04. The first-order valence-corrected chi connectivity index (χ1v) is 5.99. The minimum Gasteiger partial charge on any atom is -0.465 e. The lowest BCUT2D eigenvalue weighted by atomic mass is 10.1. The number of nitrogens with two attached hydrogens (primary N) is 1. The standard InChI is InChI=1S/C10H9NO2S2/c1-13-10(12)8-6(5-15-9(8)11)7-3-2-4-14-7/h2-5H,11H2,1H3. The molecule has 0 amide bonds. The van der Waals surface area contributed by atoms with E-state index in [9.17, 15) is 4.79 Å². The Kier molecular flexibility index (Phi) is 2.75. The third-order valence-electron chi connectivity index (χ3n) is 2.00. The van der Waals surface area contributed by atoms with Crippen LogP contribution < -0.4 is 5.73 Å². The topological polar surface area (TPSA) is 52.3 Å². The van der Waals surface area contributed by atoms with Gasteiger partial charge >= 0.3 is 5.97 Å². The number of anilines is 1. The smallest absolute Gasteiger partial charge is 0.341 e. The third-order valence-corrected chi connectivity index (χ3v) is 3.71. The molecule has 2 rings (SSSR count). The average Bonchev–Trinajstić information content (AvgIpc) is 2.85. The fourth-order valence-corrected chi connectivity index (χ4v) is 2.92. The van der Waals surface area contributed by atoms with E-state index in [-0.39, 0.29) is 5.97 Å². The van der Waals surface area contributed by atoms with Crippen LogP contribution in [0.15, 0.2) is 22.9 Å². The van der Waals surface area contributed by atoms with Gasteiger partial charge in [0.1, 0.15) is 10.6 Å². The van der Waals surface area contributed by atoms with Crippen molar-refractivity contribution in [3.63, 3.8) is 0 Å². The summed E-state index contributed by atoms with van der Waals surface area (Å²) in [5, 5.41) is 4.35. The summed E-state index contributed by atoms with van der Waals surface area (Å²) in [5.74, 6) is -0.378. The number of nitrogen functional groups attached to an aromatic ring is 1. The van der Waals surface area contributed by atoms with Crippen molar-refractivity contribution < 1.29 is 9.53 Å². The highest BCUT2D eigenvalue weighted by molar-refractivity contribution is 7.16. The minimum atomic E-state index is -0.378. The van der Waals surface area contributed by atoms with Crippen molar-refractivity contribution in [2.75, 3.05) is 12.8 Å². The molecule has 2 aromatic rings. The van der Waals surface area contributed by atoms with Gasteiger partial charge in [-0.3, -0.25) is 0 Å². The van der Waals surface area contributed by atoms with Gasteiger partial charge in [-0.1, -0.05) is 6.07 Å². The molecular weight excluding hydrogens is 230 g/mol.